The molecule has 34 heavy (non-hydrogen) atoms. The van der Waals surface area contributed by atoms with Crippen molar-refractivity contribution in [3.05, 3.63) is 0 Å². The van der Waals surface area contributed by atoms with E-state index in [0.717, 1.165) is 50.3 Å². The summed E-state index contributed by atoms with van der Waals surface area (Å²) < 4.78 is 18.3. The molecule has 0 aliphatic carbocycles. The Morgan fingerprint density at radius 1 is 0.941 bits per heavy atom. The van der Waals surface area contributed by atoms with E-state index in [-0.39, 0.29) is 13.2 Å². The van der Waals surface area contributed by atoms with Crippen molar-refractivity contribution in [3.63, 3.8) is 0 Å². The van der Waals surface area contributed by atoms with E-state index in [0.29, 0.717) is 17.6 Å². The zero-order valence-corrected chi connectivity index (χ0v) is 22.6. The molecule has 1 aliphatic heterocycles. The summed E-state index contributed by atoms with van der Waals surface area (Å²) in [5, 5.41) is 41.5. The molecule has 10 heteroatoms. The third kappa shape index (κ3) is 10.3. The van der Waals surface area contributed by atoms with Crippen molar-refractivity contribution in [2.45, 2.75) is 64.5 Å². The molecule has 1 heterocycles. The van der Waals surface area contributed by atoms with Crippen LogP contribution in [-0.2, 0) is 14.2 Å². The minimum absolute atomic E-state index is 0.0210. The van der Waals surface area contributed by atoms with Crippen molar-refractivity contribution in [1.29, 1.82) is 0 Å². The molecule has 0 radical (unpaired) electrons. The lowest BCUT2D eigenvalue weighted by molar-refractivity contribution is -0.924. The number of quaternary nitrogens is 2. The largest absolute Gasteiger partial charge is 0.387 e. The second-order valence-electron chi connectivity index (χ2n) is 10.5. The summed E-state index contributed by atoms with van der Waals surface area (Å²) in [6.45, 7) is 16.4. The van der Waals surface area contributed by atoms with Crippen LogP contribution in [0.1, 0.15) is 27.7 Å². The van der Waals surface area contributed by atoms with Gasteiger partial charge in [0, 0.05) is 6.54 Å². The molecule has 204 valence electrons. The number of hydrogen-bond donors (Lipinski definition) is 4. The summed E-state index contributed by atoms with van der Waals surface area (Å²) in [5.41, 5.74) is 0. The van der Waals surface area contributed by atoms with Gasteiger partial charge in [0.1, 0.15) is 43.6 Å². The van der Waals surface area contributed by atoms with Gasteiger partial charge in [0.05, 0.1) is 60.6 Å². The molecule has 0 aromatic rings. The van der Waals surface area contributed by atoms with E-state index >= 15 is 0 Å². The zero-order chi connectivity index (χ0) is 25.9. The molecule has 0 saturated carbocycles. The van der Waals surface area contributed by atoms with Crippen molar-refractivity contribution in [2.75, 3.05) is 93.3 Å². The fraction of sp³-hybridized carbons (Fsp3) is 1.00. The van der Waals surface area contributed by atoms with Gasteiger partial charge in [-0.25, -0.2) is 0 Å². The van der Waals surface area contributed by atoms with Gasteiger partial charge in [-0.3, -0.25) is 4.90 Å². The first-order chi connectivity index (χ1) is 15.9. The Hall–Kier alpha value is -0.400. The van der Waals surface area contributed by atoms with Crippen molar-refractivity contribution in [2.24, 2.45) is 0 Å². The molecule has 1 fully saturated rings. The molecule has 6 atom stereocenters. The molecular formula is C24H53N3O7+2. The predicted molar refractivity (Wildman–Crippen MR) is 131 cm³/mol. The first-order valence-corrected chi connectivity index (χ1v) is 12.9. The van der Waals surface area contributed by atoms with Gasteiger partial charge in [-0.1, -0.05) is 13.8 Å². The molecule has 0 amide bonds. The highest BCUT2D eigenvalue weighted by Gasteiger charge is 2.45. The van der Waals surface area contributed by atoms with Gasteiger partial charge in [-0.15, -0.1) is 0 Å². The van der Waals surface area contributed by atoms with E-state index in [2.05, 4.69) is 32.6 Å². The van der Waals surface area contributed by atoms with E-state index in [1.165, 1.54) is 0 Å². The van der Waals surface area contributed by atoms with Crippen LogP contribution in [0.4, 0.5) is 0 Å². The van der Waals surface area contributed by atoms with E-state index in [9.17, 15) is 20.4 Å². The number of ether oxygens (including phenoxy) is 3. The Morgan fingerprint density at radius 3 is 2.09 bits per heavy atom. The predicted octanol–water partition coefficient (Wildman–Crippen LogP) is -0.907. The standard InChI is InChI=1S/C24H53N3O7/c1-8-25(9-2)12-13-27(10-3,11-4)14-15-33-23-21(29)20(34-24(31)22(23)30)18-32-17-19(28)16-26(5,6)7/h19-24,28-31H,8-18H2,1-7H3/q+2. The van der Waals surface area contributed by atoms with E-state index in [4.69, 9.17) is 14.2 Å². The maximum atomic E-state index is 10.8. The lowest BCUT2D eigenvalue weighted by atomic mass is 9.99. The second-order valence-corrected chi connectivity index (χ2v) is 10.5. The van der Waals surface area contributed by atoms with Gasteiger partial charge >= 0.3 is 0 Å². The molecule has 1 aliphatic rings. The van der Waals surface area contributed by atoms with Gasteiger partial charge in [0.2, 0.25) is 0 Å². The van der Waals surface area contributed by atoms with Crippen LogP contribution in [0.3, 0.4) is 0 Å². The minimum atomic E-state index is -1.47. The highest BCUT2D eigenvalue weighted by Crippen LogP contribution is 2.23. The van der Waals surface area contributed by atoms with Crippen LogP contribution < -0.4 is 0 Å². The number of hydrogen-bond acceptors (Lipinski definition) is 8. The summed E-state index contributed by atoms with van der Waals surface area (Å²) in [6, 6.07) is 0. The highest BCUT2D eigenvalue weighted by molar-refractivity contribution is 4.90. The second kappa shape index (κ2) is 15.0. The third-order valence-electron chi connectivity index (χ3n) is 7.01. The Kier molecular flexibility index (Phi) is 13.9. The van der Waals surface area contributed by atoms with E-state index in [1.54, 1.807) is 0 Å². The summed E-state index contributed by atoms with van der Waals surface area (Å²) in [4.78, 5) is 2.41. The Morgan fingerprint density at radius 2 is 1.56 bits per heavy atom. The highest BCUT2D eigenvalue weighted by atomic mass is 16.7. The van der Waals surface area contributed by atoms with Gasteiger partial charge in [0.15, 0.2) is 6.29 Å². The molecule has 0 aromatic carbocycles. The van der Waals surface area contributed by atoms with Crippen LogP contribution in [0.5, 0.6) is 0 Å². The van der Waals surface area contributed by atoms with Crippen LogP contribution in [0.15, 0.2) is 0 Å². The molecule has 4 N–H and O–H groups in total. The zero-order valence-electron chi connectivity index (χ0n) is 22.6. The van der Waals surface area contributed by atoms with Crippen LogP contribution in [-0.4, -0.2) is 164 Å². The van der Waals surface area contributed by atoms with E-state index < -0.39 is 36.8 Å². The summed E-state index contributed by atoms with van der Waals surface area (Å²) in [7, 11) is 5.93. The van der Waals surface area contributed by atoms with Crippen LogP contribution in [0.25, 0.3) is 0 Å². The Balaban J connectivity index is 2.63. The maximum Gasteiger partial charge on any atom is 0.184 e. The third-order valence-corrected chi connectivity index (χ3v) is 7.01. The number of aliphatic hydroxyl groups excluding tert-OH is 4. The fourth-order valence-corrected chi connectivity index (χ4v) is 4.50. The monoisotopic (exact) mass is 495 g/mol. The first-order valence-electron chi connectivity index (χ1n) is 12.9. The fourth-order valence-electron chi connectivity index (χ4n) is 4.50. The van der Waals surface area contributed by atoms with E-state index in [1.807, 2.05) is 21.1 Å². The van der Waals surface area contributed by atoms with Crippen molar-refractivity contribution < 1.29 is 43.6 Å². The van der Waals surface area contributed by atoms with Gasteiger partial charge in [-0.05, 0) is 26.9 Å². The summed E-state index contributed by atoms with van der Waals surface area (Å²) >= 11 is 0. The Bertz CT molecular complexity index is 541. The van der Waals surface area contributed by atoms with Crippen LogP contribution in [0.2, 0.25) is 0 Å². The summed E-state index contributed by atoms with van der Waals surface area (Å²) in [6.07, 6.45) is -6.48. The number of rotatable bonds is 17. The SMILES string of the molecule is CCN(CC)CC[N+](CC)(CC)CCOC1C(O)C(O)OC(COCC(O)C[N+](C)(C)C)C1O. The molecule has 0 bridgehead atoms. The normalized spacial score (nSPS) is 27.4. The molecule has 1 saturated heterocycles. The van der Waals surface area contributed by atoms with Gasteiger partial charge in [-0.2, -0.15) is 0 Å². The topological polar surface area (TPSA) is 112 Å². The molecule has 10 nitrogen and oxygen atoms in total. The van der Waals surface area contributed by atoms with Gasteiger partial charge < -0.3 is 43.6 Å². The quantitative estimate of drug-likeness (QED) is 0.192. The van der Waals surface area contributed by atoms with Crippen LogP contribution in [0, 0.1) is 0 Å². The molecule has 1 rings (SSSR count). The number of aliphatic hydroxyl groups is 4. The lowest BCUT2D eigenvalue weighted by Gasteiger charge is -2.42. The molecule has 0 spiro atoms. The van der Waals surface area contributed by atoms with Crippen molar-refractivity contribution in [1.82, 2.24) is 4.90 Å². The molecule has 0 aromatic heterocycles. The van der Waals surface area contributed by atoms with Crippen molar-refractivity contribution >= 4 is 0 Å². The first kappa shape index (κ1) is 31.6. The minimum Gasteiger partial charge on any atom is -0.387 e. The maximum absolute atomic E-state index is 10.8. The average molecular weight is 496 g/mol. The van der Waals surface area contributed by atoms with Crippen LogP contribution >= 0.6 is 0 Å². The van der Waals surface area contributed by atoms with Gasteiger partial charge in [0.25, 0.3) is 0 Å². The Labute approximate surface area is 206 Å². The van der Waals surface area contributed by atoms with Crippen molar-refractivity contribution in [3.8, 4) is 0 Å². The average Bonchev–Trinajstić information content (AvgIpc) is 2.77. The number of nitrogens with zero attached hydrogens (tertiary/aromatic N) is 3. The molecular weight excluding hydrogens is 442 g/mol. The number of likely N-dealkylation sites (N-methyl/N-ethyl adjacent to an activating group) is 3. The lowest BCUT2D eigenvalue weighted by Crippen LogP contribution is -2.60. The summed E-state index contributed by atoms with van der Waals surface area (Å²) in [5.74, 6) is 0. The molecule has 6 unspecified atom stereocenters. The smallest absolute Gasteiger partial charge is 0.184 e.